The number of carbonyl (C=O) groups excluding carboxylic acids is 3. The number of anilines is 2. The summed E-state index contributed by atoms with van der Waals surface area (Å²) >= 11 is 0. The first-order valence-electron chi connectivity index (χ1n) is 13.8. The van der Waals surface area contributed by atoms with Gasteiger partial charge in [-0.25, -0.2) is 4.52 Å². The third kappa shape index (κ3) is 5.55. The predicted octanol–water partition coefficient (Wildman–Crippen LogP) is 3.74. The fourth-order valence-corrected chi connectivity index (χ4v) is 5.86. The maximum absolute atomic E-state index is 12.9. The van der Waals surface area contributed by atoms with E-state index in [1.165, 1.54) is 4.90 Å². The topological polar surface area (TPSA) is 103 Å². The van der Waals surface area contributed by atoms with Gasteiger partial charge < -0.3 is 20.0 Å². The first-order valence-corrected chi connectivity index (χ1v) is 13.8. The van der Waals surface area contributed by atoms with Gasteiger partial charge in [0.1, 0.15) is 0 Å². The van der Waals surface area contributed by atoms with Crippen molar-refractivity contribution in [2.45, 2.75) is 32.4 Å². The largest absolute Gasteiger partial charge is 0.389 e. The molecule has 2 fully saturated rings. The Morgan fingerprint density at radius 1 is 1.00 bits per heavy atom. The van der Waals surface area contributed by atoms with Crippen LogP contribution in [-0.2, 0) is 9.59 Å². The van der Waals surface area contributed by atoms with Gasteiger partial charge in [-0.05, 0) is 48.4 Å². The molecule has 0 saturated carbocycles. The summed E-state index contributed by atoms with van der Waals surface area (Å²) in [4.78, 5) is 46.2. The van der Waals surface area contributed by atoms with E-state index in [-0.39, 0.29) is 23.8 Å². The highest BCUT2D eigenvalue weighted by Crippen LogP contribution is 2.40. The van der Waals surface area contributed by atoms with Crippen LogP contribution in [0.3, 0.4) is 0 Å². The predicted molar refractivity (Wildman–Crippen MR) is 148 cm³/mol. The minimum Gasteiger partial charge on any atom is -0.341 e. The van der Waals surface area contributed by atoms with E-state index in [9.17, 15) is 27.6 Å². The minimum absolute atomic E-state index is 0.0367. The van der Waals surface area contributed by atoms with Crippen LogP contribution in [0.25, 0.3) is 11.2 Å². The molecule has 3 aliphatic rings. The van der Waals surface area contributed by atoms with Gasteiger partial charge in [0.2, 0.25) is 17.8 Å². The molecule has 0 unspecified atom stereocenters. The lowest BCUT2D eigenvalue weighted by Crippen LogP contribution is -2.73. The molecule has 10 nitrogen and oxygen atoms in total. The van der Waals surface area contributed by atoms with E-state index in [1.54, 1.807) is 46.8 Å². The van der Waals surface area contributed by atoms with E-state index in [1.807, 2.05) is 23.1 Å². The number of rotatable bonds is 6. The van der Waals surface area contributed by atoms with E-state index in [0.717, 1.165) is 11.1 Å². The van der Waals surface area contributed by atoms with Crippen LogP contribution in [0.5, 0.6) is 0 Å². The van der Waals surface area contributed by atoms with Crippen molar-refractivity contribution in [2.24, 2.45) is 5.41 Å². The van der Waals surface area contributed by atoms with Gasteiger partial charge in [0.05, 0.1) is 6.42 Å². The van der Waals surface area contributed by atoms with E-state index in [0.29, 0.717) is 62.0 Å². The summed E-state index contributed by atoms with van der Waals surface area (Å²) in [5.74, 6) is -0.103. The monoisotopic (exact) mass is 581 g/mol. The number of halogens is 3. The highest BCUT2D eigenvalue weighted by Gasteiger charge is 2.53. The summed E-state index contributed by atoms with van der Waals surface area (Å²) in [5.41, 5.74) is 3.75. The van der Waals surface area contributed by atoms with Crippen molar-refractivity contribution in [2.75, 3.05) is 44.6 Å². The van der Waals surface area contributed by atoms with Crippen LogP contribution < -0.4 is 5.32 Å². The maximum Gasteiger partial charge on any atom is 0.389 e. The van der Waals surface area contributed by atoms with Crippen LogP contribution in [0.2, 0.25) is 0 Å². The molecular weight excluding hydrogens is 551 g/mol. The van der Waals surface area contributed by atoms with Gasteiger partial charge >= 0.3 is 6.18 Å². The number of alkyl halides is 3. The number of nitrogens with one attached hydrogen (secondary N) is 1. The Balaban J connectivity index is 1.07. The van der Waals surface area contributed by atoms with Gasteiger partial charge in [-0.2, -0.15) is 18.2 Å². The molecule has 220 valence electrons. The number of fused-ring (bicyclic) bond motifs is 1. The van der Waals surface area contributed by atoms with Crippen molar-refractivity contribution in [3.63, 3.8) is 0 Å². The molecule has 2 aromatic heterocycles. The quantitative estimate of drug-likeness (QED) is 0.476. The normalized spacial score (nSPS) is 18.0. The molecule has 3 aliphatic heterocycles. The SMILES string of the molecule is CC(=O)N1CC2(C1)CN(C(=O)c1ccc(Nc3nc4c(C5=CCN(C(=O)CCC(F)(F)F)CC5)cccn4n3)cc1)C2. The first-order chi connectivity index (χ1) is 20.0. The molecule has 2 saturated heterocycles. The first kappa shape index (κ1) is 27.7. The Labute approximate surface area is 239 Å². The van der Waals surface area contributed by atoms with Crippen molar-refractivity contribution >= 4 is 40.6 Å². The molecule has 3 amide bonds. The second kappa shape index (κ2) is 10.4. The molecule has 3 aromatic rings. The Hall–Kier alpha value is -4.42. The molecule has 42 heavy (non-hydrogen) atoms. The zero-order valence-electron chi connectivity index (χ0n) is 23.0. The van der Waals surface area contributed by atoms with Gasteiger partial charge in [0, 0.05) is 81.0 Å². The third-order valence-corrected chi connectivity index (χ3v) is 8.12. The summed E-state index contributed by atoms with van der Waals surface area (Å²) in [6.07, 6.45) is -1.89. The van der Waals surface area contributed by atoms with Crippen LogP contribution in [-0.4, -0.2) is 92.5 Å². The molecule has 0 aliphatic carbocycles. The number of hydrogen-bond acceptors (Lipinski definition) is 6. The molecule has 0 radical (unpaired) electrons. The van der Waals surface area contributed by atoms with Crippen LogP contribution in [0.15, 0.2) is 48.7 Å². The zero-order valence-corrected chi connectivity index (χ0v) is 23.0. The van der Waals surface area contributed by atoms with Crippen LogP contribution in [0.1, 0.15) is 42.1 Å². The second-order valence-electron chi connectivity index (χ2n) is 11.3. The molecule has 5 heterocycles. The molecule has 1 N–H and O–H groups in total. The average Bonchev–Trinajstić information content (AvgIpc) is 3.32. The minimum atomic E-state index is -4.35. The molecule has 6 rings (SSSR count). The Kier molecular flexibility index (Phi) is 6.90. The summed E-state index contributed by atoms with van der Waals surface area (Å²) in [6.45, 7) is 4.88. The van der Waals surface area contributed by atoms with Crippen LogP contribution in [0.4, 0.5) is 24.8 Å². The fourth-order valence-electron chi connectivity index (χ4n) is 5.86. The third-order valence-electron chi connectivity index (χ3n) is 8.12. The number of likely N-dealkylation sites (tertiary alicyclic amines) is 2. The van der Waals surface area contributed by atoms with Crippen molar-refractivity contribution in [3.8, 4) is 0 Å². The smallest absolute Gasteiger partial charge is 0.341 e. The zero-order chi connectivity index (χ0) is 29.6. The molecular formula is C29H30F3N7O3. The number of nitrogens with zero attached hydrogens (tertiary/aromatic N) is 6. The summed E-state index contributed by atoms with van der Waals surface area (Å²) < 4.78 is 39.1. The Morgan fingerprint density at radius 2 is 1.71 bits per heavy atom. The van der Waals surface area contributed by atoms with Gasteiger partial charge in [0.15, 0.2) is 5.65 Å². The van der Waals surface area contributed by atoms with E-state index < -0.39 is 24.9 Å². The molecule has 1 aromatic carbocycles. The number of hydrogen-bond donors (Lipinski definition) is 1. The van der Waals surface area contributed by atoms with Crippen molar-refractivity contribution < 1.29 is 27.6 Å². The second-order valence-corrected chi connectivity index (χ2v) is 11.3. The lowest BCUT2D eigenvalue weighted by atomic mass is 9.72. The van der Waals surface area contributed by atoms with E-state index in [2.05, 4.69) is 15.4 Å². The van der Waals surface area contributed by atoms with Crippen LogP contribution in [0, 0.1) is 5.41 Å². The average molecular weight is 582 g/mol. The van der Waals surface area contributed by atoms with Crippen molar-refractivity contribution in [1.29, 1.82) is 0 Å². The summed E-state index contributed by atoms with van der Waals surface area (Å²) in [5, 5.41) is 7.68. The molecule has 0 bridgehead atoms. The van der Waals surface area contributed by atoms with Gasteiger partial charge in [0.25, 0.3) is 5.91 Å². The van der Waals surface area contributed by atoms with Gasteiger partial charge in [-0.3, -0.25) is 14.4 Å². The summed E-state index contributed by atoms with van der Waals surface area (Å²) in [7, 11) is 0. The standard InChI is InChI=1S/C29H30F3N7O3/c1-19(40)37-15-28(16-37)17-38(18-28)26(42)21-4-6-22(7-5-21)33-27-34-25-23(3-2-12-39(25)35-27)20-9-13-36(14-10-20)24(41)8-11-29(30,31)32/h2-7,9,12H,8,10-11,13-18H2,1H3,(H,33,35). The highest BCUT2D eigenvalue weighted by molar-refractivity contribution is 5.95. The Morgan fingerprint density at radius 3 is 2.36 bits per heavy atom. The molecule has 1 spiro atoms. The van der Waals surface area contributed by atoms with Gasteiger partial charge in [-0.1, -0.05) is 6.08 Å². The number of benzene rings is 1. The lowest BCUT2D eigenvalue weighted by Gasteiger charge is -2.60. The van der Waals surface area contributed by atoms with Crippen LogP contribution >= 0.6 is 0 Å². The molecule has 13 heteroatoms. The molecule has 0 atom stereocenters. The van der Waals surface area contributed by atoms with E-state index in [4.69, 9.17) is 0 Å². The summed E-state index contributed by atoms with van der Waals surface area (Å²) in [6, 6.07) is 10.9. The van der Waals surface area contributed by atoms with Crippen molar-refractivity contribution in [1.82, 2.24) is 29.3 Å². The lowest BCUT2D eigenvalue weighted by molar-refractivity contribution is -0.152. The Bertz CT molecular complexity index is 1570. The fraction of sp³-hybridized carbons (Fsp3) is 0.414. The van der Waals surface area contributed by atoms with Crippen molar-refractivity contribution in [3.05, 3.63) is 59.8 Å². The van der Waals surface area contributed by atoms with E-state index >= 15 is 0 Å². The van der Waals surface area contributed by atoms with Gasteiger partial charge in [-0.15, -0.1) is 5.10 Å². The highest BCUT2D eigenvalue weighted by atomic mass is 19.4. The number of pyridine rings is 1. The maximum atomic E-state index is 12.9. The number of carbonyl (C=O) groups is 3. The number of amides is 3. The number of aromatic nitrogens is 3.